The van der Waals surface area contributed by atoms with Crippen molar-refractivity contribution >= 4 is 27.5 Å². The maximum atomic E-state index is 12.0. The lowest BCUT2D eigenvalue weighted by Crippen LogP contribution is -2.20. The summed E-state index contributed by atoms with van der Waals surface area (Å²) in [5.74, 6) is 1.01. The molecule has 4 heteroatoms. The number of hydrogen-bond donors (Lipinski definition) is 1. The molecule has 3 nitrogen and oxygen atoms in total. The number of anilines is 1. The second kappa shape index (κ2) is 7.64. The molecule has 0 spiro atoms. The van der Waals surface area contributed by atoms with E-state index in [9.17, 15) is 4.79 Å². The van der Waals surface area contributed by atoms with Crippen molar-refractivity contribution in [3.05, 3.63) is 57.6 Å². The van der Waals surface area contributed by atoms with Crippen LogP contribution in [0.15, 0.2) is 40.9 Å². The van der Waals surface area contributed by atoms with Gasteiger partial charge in [-0.05, 0) is 76.7 Å². The Labute approximate surface area is 146 Å². The Hall–Kier alpha value is -1.81. The number of halogens is 1. The summed E-state index contributed by atoms with van der Waals surface area (Å²) in [7, 11) is 0. The van der Waals surface area contributed by atoms with Crippen molar-refractivity contribution in [2.75, 3.05) is 11.9 Å². The molecule has 0 fully saturated rings. The van der Waals surface area contributed by atoms with Gasteiger partial charge in [0.25, 0.3) is 5.91 Å². The first kappa shape index (κ1) is 17.5. The lowest BCUT2D eigenvalue weighted by atomic mass is 9.98. The molecule has 0 aliphatic rings. The van der Waals surface area contributed by atoms with Crippen molar-refractivity contribution in [3.8, 4) is 5.75 Å². The number of nitrogens with one attached hydrogen (secondary N) is 1. The molecule has 0 radical (unpaired) electrons. The van der Waals surface area contributed by atoms with Crippen LogP contribution in [-0.2, 0) is 4.79 Å². The molecule has 0 unspecified atom stereocenters. The molecule has 2 aromatic rings. The van der Waals surface area contributed by atoms with E-state index in [4.69, 9.17) is 4.74 Å². The monoisotopic (exact) mass is 375 g/mol. The highest BCUT2D eigenvalue weighted by atomic mass is 79.9. The van der Waals surface area contributed by atoms with Gasteiger partial charge in [-0.15, -0.1) is 0 Å². The Morgan fingerprint density at radius 2 is 1.91 bits per heavy atom. The lowest BCUT2D eigenvalue weighted by molar-refractivity contribution is -0.118. The smallest absolute Gasteiger partial charge is 0.262 e. The average Bonchev–Trinajstić information content (AvgIpc) is 2.48. The van der Waals surface area contributed by atoms with E-state index >= 15 is 0 Å². The van der Waals surface area contributed by atoms with Crippen LogP contribution < -0.4 is 10.1 Å². The fourth-order valence-corrected chi connectivity index (χ4v) is 3.03. The zero-order valence-corrected chi connectivity index (χ0v) is 15.5. The van der Waals surface area contributed by atoms with Crippen LogP contribution in [0.2, 0.25) is 0 Å². The summed E-state index contributed by atoms with van der Waals surface area (Å²) in [5.41, 5.74) is 4.35. The van der Waals surface area contributed by atoms with Crippen molar-refractivity contribution in [1.82, 2.24) is 0 Å². The molecule has 2 rings (SSSR count). The minimum absolute atomic E-state index is 0.0131. The van der Waals surface area contributed by atoms with Gasteiger partial charge in [-0.3, -0.25) is 4.79 Å². The predicted molar refractivity (Wildman–Crippen MR) is 98.3 cm³/mol. The fourth-order valence-electron chi connectivity index (χ4n) is 2.44. The molecule has 0 heterocycles. The van der Waals surface area contributed by atoms with Gasteiger partial charge in [0.05, 0.1) is 5.69 Å². The van der Waals surface area contributed by atoms with Crippen LogP contribution in [-0.4, -0.2) is 12.5 Å². The van der Waals surface area contributed by atoms with Gasteiger partial charge in [0.2, 0.25) is 0 Å². The summed E-state index contributed by atoms with van der Waals surface area (Å²) in [6.45, 7) is 8.38. The van der Waals surface area contributed by atoms with Crippen LogP contribution >= 0.6 is 15.9 Å². The van der Waals surface area contributed by atoms with Gasteiger partial charge in [-0.1, -0.05) is 26.0 Å². The van der Waals surface area contributed by atoms with Gasteiger partial charge < -0.3 is 10.1 Å². The van der Waals surface area contributed by atoms with Crippen LogP contribution in [0.5, 0.6) is 5.75 Å². The number of carbonyl (C=O) groups is 1. The standard InChI is InChI=1S/C19H22BrNO2/c1-12(2)16-7-6-15(10-14(16)4)23-11-19(22)21-18-8-5-13(3)9-17(18)20/h5-10,12H,11H2,1-4H3,(H,21,22). The van der Waals surface area contributed by atoms with E-state index in [2.05, 4.69) is 48.1 Å². The van der Waals surface area contributed by atoms with Gasteiger partial charge in [-0.25, -0.2) is 0 Å². The number of hydrogen-bond acceptors (Lipinski definition) is 2. The third-order valence-corrected chi connectivity index (χ3v) is 4.29. The SMILES string of the molecule is Cc1ccc(NC(=O)COc2ccc(C(C)C)c(C)c2)c(Br)c1. The highest BCUT2D eigenvalue weighted by Gasteiger charge is 2.08. The number of benzene rings is 2. The van der Waals surface area contributed by atoms with E-state index in [0.717, 1.165) is 15.7 Å². The molecule has 122 valence electrons. The first-order valence-electron chi connectivity index (χ1n) is 7.66. The molecule has 1 amide bonds. The van der Waals surface area contributed by atoms with E-state index in [1.807, 2.05) is 37.3 Å². The Balaban J connectivity index is 1.95. The second-order valence-corrected chi connectivity index (χ2v) is 6.85. The van der Waals surface area contributed by atoms with E-state index in [-0.39, 0.29) is 12.5 Å². The van der Waals surface area contributed by atoms with Gasteiger partial charge in [0, 0.05) is 4.47 Å². The molecule has 0 saturated carbocycles. The van der Waals surface area contributed by atoms with Crippen molar-refractivity contribution in [2.45, 2.75) is 33.6 Å². The third-order valence-electron chi connectivity index (χ3n) is 3.63. The molecule has 0 atom stereocenters. The Kier molecular flexibility index (Phi) is 5.83. The van der Waals surface area contributed by atoms with Gasteiger partial charge in [-0.2, -0.15) is 0 Å². The molecule has 0 aliphatic carbocycles. The molecule has 1 N–H and O–H groups in total. The van der Waals surface area contributed by atoms with Crippen LogP contribution in [0.3, 0.4) is 0 Å². The number of aryl methyl sites for hydroxylation is 2. The first-order chi connectivity index (χ1) is 10.9. The maximum absolute atomic E-state index is 12.0. The molecule has 0 saturated heterocycles. The van der Waals surface area contributed by atoms with Gasteiger partial charge >= 0.3 is 0 Å². The van der Waals surface area contributed by atoms with Gasteiger partial charge in [0.15, 0.2) is 6.61 Å². The van der Waals surface area contributed by atoms with Crippen molar-refractivity contribution in [2.24, 2.45) is 0 Å². The largest absolute Gasteiger partial charge is 0.484 e. The summed E-state index contributed by atoms with van der Waals surface area (Å²) in [6, 6.07) is 11.7. The summed E-state index contributed by atoms with van der Waals surface area (Å²) in [6.07, 6.45) is 0. The second-order valence-electron chi connectivity index (χ2n) is 5.99. The highest BCUT2D eigenvalue weighted by molar-refractivity contribution is 9.10. The topological polar surface area (TPSA) is 38.3 Å². The molecule has 2 aromatic carbocycles. The molecule has 0 aromatic heterocycles. The maximum Gasteiger partial charge on any atom is 0.262 e. The number of carbonyl (C=O) groups excluding carboxylic acids is 1. The van der Waals surface area contributed by atoms with Crippen molar-refractivity contribution in [3.63, 3.8) is 0 Å². The Morgan fingerprint density at radius 3 is 2.52 bits per heavy atom. The summed E-state index contributed by atoms with van der Waals surface area (Å²) in [5, 5.41) is 2.84. The third kappa shape index (κ3) is 4.83. The summed E-state index contributed by atoms with van der Waals surface area (Å²) >= 11 is 3.45. The van der Waals surface area contributed by atoms with Crippen molar-refractivity contribution < 1.29 is 9.53 Å². The van der Waals surface area contributed by atoms with Crippen LogP contribution in [0.1, 0.15) is 36.5 Å². The summed E-state index contributed by atoms with van der Waals surface area (Å²) in [4.78, 5) is 12.0. The summed E-state index contributed by atoms with van der Waals surface area (Å²) < 4.78 is 6.46. The van der Waals surface area contributed by atoms with Crippen LogP contribution in [0.4, 0.5) is 5.69 Å². The highest BCUT2D eigenvalue weighted by Crippen LogP contribution is 2.24. The van der Waals surface area contributed by atoms with Gasteiger partial charge in [0.1, 0.15) is 5.75 Å². The molecular weight excluding hydrogens is 354 g/mol. The lowest BCUT2D eigenvalue weighted by Gasteiger charge is -2.13. The zero-order valence-electron chi connectivity index (χ0n) is 13.9. The normalized spacial score (nSPS) is 10.7. The van der Waals surface area contributed by atoms with Crippen LogP contribution in [0, 0.1) is 13.8 Å². The van der Waals surface area contributed by atoms with E-state index in [0.29, 0.717) is 11.7 Å². The molecule has 0 bridgehead atoms. The zero-order chi connectivity index (χ0) is 17.0. The first-order valence-corrected chi connectivity index (χ1v) is 8.45. The quantitative estimate of drug-likeness (QED) is 0.778. The minimum Gasteiger partial charge on any atom is -0.484 e. The molecule has 0 aliphatic heterocycles. The van der Waals surface area contributed by atoms with E-state index < -0.39 is 0 Å². The molecule has 23 heavy (non-hydrogen) atoms. The van der Waals surface area contributed by atoms with E-state index in [1.54, 1.807) is 0 Å². The number of amides is 1. The van der Waals surface area contributed by atoms with Crippen LogP contribution in [0.25, 0.3) is 0 Å². The predicted octanol–water partition coefficient (Wildman–Crippen LogP) is 5.21. The average molecular weight is 376 g/mol. The minimum atomic E-state index is -0.180. The van der Waals surface area contributed by atoms with E-state index in [1.165, 1.54) is 11.1 Å². The molecular formula is C19H22BrNO2. The Morgan fingerprint density at radius 1 is 1.17 bits per heavy atom. The van der Waals surface area contributed by atoms with Crippen molar-refractivity contribution in [1.29, 1.82) is 0 Å². The number of ether oxygens (including phenoxy) is 1. The Bertz CT molecular complexity index is 711. The fraction of sp³-hybridized carbons (Fsp3) is 0.316. The number of rotatable bonds is 5.